The molecule has 10 heteroatoms. The highest BCUT2D eigenvalue weighted by atomic mass is 31.2. The zero-order valence-electron chi connectivity index (χ0n) is 56.2. The second-order valence-electron chi connectivity index (χ2n) is 26.1. The maximum atomic E-state index is 13.6. The van der Waals surface area contributed by atoms with Crippen LogP contribution in [-0.2, 0) is 27.9 Å². The van der Waals surface area contributed by atoms with Gasteiger partial charge in [-0.2, -0.15) is 0 Å². The van der Waals surface area contributed by atoms with Crippen molar-refractivity contribution in [3.63, 3.8) is 0 Å². The summed E-state index contributed by atoms with van der Waals surface area (Å²) in [6, 6.07) is -0.886. The van der Waals surface area contributed by atoms with Crippen molar-refractivity contribution in [3.8, 4) is 0 Å². The lowest BCUT2D eigenvalue weighted by Crippen LogP contribution is -2.47. The number of likely N-dealkylation sites (N-methyl/N-ethyl adjacent to an activating group) is 1. The van der Waals surface area contributed by atoms with Crippen LogP contribution in [0.25, 0.3) is 0 Å². The van der Waals surface area contributed by atoms with Crippen molar-refractivity contribution in [2.45, 2.75) is 380 Å². The fourth-order valence-corrected chi connectivity index (χ4v) is 11.7. The van der Waals surface area contributed by atoms with Crippen molar-refractivity contribution in [2.24, 2.45) is 0 Å². The van der Waals surface area contributed by atoms with Gasteiger partial charge in [-0.15, -0.1) is 0 Å². The quantitative estimate of drug-likeness (QED) is 0.0212. The molecule has 9 nitrogen and oxygen atoms in total. The predicted octanol–water partition coefficient (Wildman–Crippen LogP) is 22.4. The summed E-state index contributed by atoms with van der Waals surface area (Å²) in [6.45, 7) is 6.87. The molecule has 490 valence electrons. The third-order valence-corrected chi connectivity index (χ3v) is 17.5. The zero-order chi connectivity index (χ0) is 60.7. The number of hydrogen-bond donors (Lipinski definition) is 1. The van der Waals surface area contributed by atoms with Crippen LogP contribution in [0.5, 0.6) is 0 Å². The van der Waals surface area contributed by atoms with E-state index in [0.29, 0.717) is 17.4 Å². The largest absolute Gasteiger partial charge is 0.756 e. The summed E-state index contributed by atoms with van der Waals surface area (Å²) in [6.07, 6.45) is 78.5. The van der Waals surface area contributed by atoms with Crippen LogP contribution < -0.4 is 10.2 Å². The normalized spacial score (nSPS) is 13.7. The fraction of sp³-hybridized carbons (Fsp3) is 0.890. The van der Waals surface area contributed by atoms with E-state index in [9.17, 15) is 19.0 Å². The SMILES string of the molecule is CCCCC/C=C\C/C=C\CCCCCCCCCCCCCC(=O)NC(COP(=O)([O-])OCC[N+](C)(C)C)C(/C=C/CCCCCCCCCCC)OC(=O)CCCCCCCCCCCCCCCCCCCCCCCCCCC. The average molecular weight is 1190 g/mol. The summed E-state index contributed by atoms with van der Waals surface area (Å²) >= 11 is 0. The molecule has 0 aromatic carbocycles. The van der Waals surface area contributed by atoms with E-state index >= 15 is 0 Å². The number of quaternary nitrogens is 1. The van der Waals surface area contributed by atoms with Crippen molar-refractivity contribution in [1.29, 1.82) is 0 Å². The summed E-state index contributed by atoms with van der Waals surface area (Å²) in [7, 11) is 1.20. The van der Waals surface area contributed by atoms with Crippen molar-refractivity contribution >= 4 is 19.7 Å². The Kier molecular flexibility index (Phi) is 61.9. The summed E-state index contributed by atoms with van der Waals surface area (Å²) in [4.78, 5) is 40.2. The van der Waals surface area contributed by atoms with Crippen LogP contribution in [0.3, 0.4) is 0 Å². The molecule has 0 saturated carbocycles. The summed E-state index contributed by atoms with van der Waals surface area (Å²) in [5.74, 6) is -0.524. The highest BCUT2D eigenvalue weighted by Gasteiger charge is 2.27. The van der Waals surface area contributed by atoms with Crippen LogP contribution in [-0.4, -0.2) is 69.4 Å². The molecule has 0 aromatic rings. The molecular formula is C73H141N2O7P. The van der Waals surface area contributed by atoms with E-state index in [2.05, 4.69) is 50.4 Å². The molecule has 0 aliphatic heterocycles. The molecule has 0 saturated heterocycles. The molecule has 83 heavy (non-hydrogen) atoms. The van der Waals surface area contributed by atoms with Gasteiger partial charge in [0.1, 0.15) is 19.3 Å². The number of nitrogens with one attached hydrogen (secondary N) is 1. The highest BCUT2D eigenvalue weighted by Crippen LogP contribution is 2.38. The third kappa shape index (κ3) is 64.5. The Labute approximate surface area is 516 Å². The minimum absolute atomic E-state index is 0.0199. The molecule has 0 aliphatic carbocycles. The predicted molar refractivity (Wildman–Crippen MR) is 358 cm³/mol. The number of allylic oxidation sites excluding steroid dienone is 5. The van der Waals surface area contributed by atoms with Crippen LogP contribution in [0.15, 0.2) is 36.5 Å². The fourth-order valence-electron chi connectivity index (χ4n) is 11.0. The molecule has 0 rings (SSSR count). The number of amides is 1. The van der Waals surface area contributed by atoms with Crippen LogP contribution in [0, 0.1) is 0 Å². The number of hydrogen-bond acceptors (Lipinski definition) is 7. The minimum atomic E-state index is -4.70. The second-order valence-corrected chi connectivity index (χ2v) is 27.5. The average Bonchev–Trinajstić information content (AvgIpc) is 3.51. The Morgan fingerprint density at radius 1 is 0.422 bits per heavy atom. The molecule has 0 bridgehead atoms. The first kappa shape index (κ1) is 81.2. The number of carbonyl (C=O) groups excluding carboxylic acids is 2. The number of nitrogens with zero attached hydrogens (tertiary/aromatic N) is 1. The number of carbonyl (C=O) groups is 2. The standard InChI is InChI=1S/C73H141N2O7P/c1-7-10-13-16-19-22-25-27-29-31-33-35-36-37-38-40-42-44-46-48-51-54-57-60-63-66-73(77)82-71(64-61-58-55-52-49-24-21-18-15-12-9-3)70(69-81-83(78,79)80-68-67-75(4,5)6)74-72(76)65-62-59-56-53-50-47-45-43-41-39-34-32-30-28-26-23-20-17-14-11-8-2/h20,23,28,30,61,64,70-71H,7-19,21-22,24-27,29,31-60,62-63,65-69H2,1-6H3,(H-,74,76,78,79)/b23-20-,30-28-,64-61+. The maximum absolute atomic E-state index is 13.6. The zero-order valence-corrected chi connectivity index (χ0v) is 57.1. The van der Waals surface area contributed by atoms with Gasteiger partial charge in [0.15, 0.2) is 0 Å². The summed E-state index contributed by atoms with van der Waals surface area (Å²) < 4.78 is 30.4. The summed E-state index contributed by atoms with van der Waals surface area (Å²) in [5, 5.41) is 3.05. The molecule has 0 spiro atoms. The lowest BCUT2D eigenvalue weighted by atomic mass is 10.0. The Morgan fingerprint density at radius 2 is 0.735 bits per heavy atom. The second kappa shape index (κ2) is 63.3. The van der Waals surface area contributed by atoms with Crippen molar-refractivity contribution in [3.05, 3.63) is 36.5 Å². The monoisotopic (exact) mass is 1190 g/mol. The van der Waals surface area contributed by atoms with Gasteiger partial charge in [-0.05, 0) is 63.9 Å². The molecule has 1 N–H and O–H groups in total. The van der Waals surface area contributed by atoms with Gasteiger partial charge in [0.05, 0.1) is 33.8 Å². The van der Waals surface area contributed by atoms with Crippen molar-refractivity contribution in [1.82, 2.24) is 5.32 Å². The lowest BCUT2D eigenvalue weighted by molar-refractivity contribution is -0.870. The van der Waals surface area contributed by atoms with Crippen LogP contribution in [0.1, 0.15) is 367 Å². The number of unbranched alkanes of at least 4 members (excludes halogenated alkanes) is 47. The van der Waals surface area contributed by atoms with Gasteiger partial charge >= 0.3 is 5.97 Å². The van der Waals surface area contributed by atoms with Gasteiger partial charge in [0, 0.05) is 12.8 Å². The lowest BCUT2D eigenvalue weighted by Gasteiger charge is -2.30. The van der Waals surface area contributed by atoms with E-state index in [1.54, 1.807) is 0 Å². The van der Waals surface area contributed by atoms with Crippen LogP contribution in [0.2, 0.25) is 0 Å². The van der Waals surface area contributed by atoms with E-state index in [4.69, 9.17) is 13.8 Å². The molecule has 0 heterocycles. The van der Waals surface area contributed by atoms with Crippen molar-refractivity contribution in [2.75, 3.05) is 40.9 Å². The molecule has 1 amide bonds. The van der Waals surface area contributed by atoms with Crippen molar-refractivity contribution < 1.29 is 37.3 Å². The third-order valence-electron chi connectivity index (χ3n) is 16.6. The van der Waals surface area contributed by atoms with E-state index in [0.717, 1.165) is 64.2 Å². The van der Waals surface area contributed by atoms with Gasteiger partial charge < -0.3 is 28.5 Å². The number of rotatable bonds is 67. The Hall–Kier alpha value is -1.77. The van der Waals surface area contributed by atoms with E-state index in [-0.39, 0.29) is 31.5 Å². The maximum Gasteiger partial charge on any atom is 0.306 e. The topological polar surface area (TPSA) is 114 Å². The molecule has 0 aliphatic rings. The molecule has 3 unspecified atom stereocenters. The first-order valence-corrected chi connectivity index (χ1v) is 37.8. The molecule has 0 fully saturated rings. The molecular weight excluding hydrogens is 1050 g/mol. The number of phosphoric ester groups is 1. The van der Waals surface area contributed by atoms with Crippen LogP contribution in [0.4, 0.5) is 0 Å². The van der Waals surface area contributed by atoms with Gasteiger partial charge in [0.2, 0.25) is 5.91 Å². The van der Waals surface area contributed by atoms with Gasteiger partial charge in [-0.25, -0.2) is 0 Å². The number of phosphoric acid groups is 1. The highest BCUT2D eigenvalue weighted by molar-refractivity contribution is 7.45. The van der Waals surface area contributed by atoms with E-state index in [1.165, 1.54) is 270 Å². The first-order valence-electron chi connectivity index (χ1n) is 36.3. The first-order chi connectivity index (χ1) is 40.4. The molecule has 0 aromatic heterocycles. The summed E-state index contributed by atoms with van der Waals surface area (Å²) in [5.41, 5.74) is 0. The Balaban J connectivity index is 4.96. The minimum Gasteiger partial charge on any atom is -0.756 e. The van der Waals surface area contributed by atoms with Gasteiger partial charge in [0.25, 0.3) is 7.82 Å². The molecule has 0 radical (unpaired) electrons. The molecule has 3 atom stereocenters. The number of esters is 1. The van der Waals surface area contributed by atoms with E-state index < -0.39 is 20.0 Å². The van der Waals surface area contributed by atoms with Crippen LogP contribution >= 0.6 is 7.82 Å². The Bertz CT molecular complexity index is 1510. The van der Waals surface area contributed by atoms with Gasteiger partial charge in [-0.3, -0.25) is 14.2 Å². The number of ether oxygens (including phenoxy) is 1. The van der Waals surface area contributed by atoms with E-state index in [1.807, 2.05) is 33.3 Å². The Morgan fingerprint density at radius 3 is 1.11 bits per heavy atom. The van der Waals surface area contributed by atoms with Gasteiger partial charge in [-0.1, -0.05) is 327 Å². The smallest absolute Gasteiger partial charge is 0.306 e.